The van der Waals surface area contributed by atoms with Gasteiger partial charge in [0.05, 0.1) is 0 Å². The Bertz CT molecular complexity index is 207. The van der Waals surface area contributed by atoms with Gasteiger partial charge in [0, 0.05) is 12.1 Å². The van der Waals surface area contributed by atoms with Gasteiger partial charge in [0.2, 0.25) is 0 Å². The van der Waals surface area contributed by atoms with Gasteiger partial charge in [-0.3, -0.25) is 4.90 Å². The topological polar surface area (TPSA) is 3.24 Å². The summed E-state index contributed by atoms with van der Waals surface area (Å²) >= 11 is 0. The lowest BCUT2D eigenvalue weighted by Gasteiger charge is -2.47. The number of hydrogen-bond acceptors (Lipinski definition) is 1. The zero-order chi connectivity index (χ0) is 11.0. The van der Waals surface area contributed by atoms with Crippen molar-refractivity contribution in [1.29, 1.82) is 0 Å². The van der Waals surface area contributed by atoms with E-state index in [1.165, 1.54) is 32.2 Å². The minimum absolute atomic E-state index is 0.735. The van der Waals surface area contributed by atoms with Crippen LogP contribution in [0.1, 0.15) is 53.4 Å². The van der Waals surface area contributed by atoms with Gasteiger partial charge in [-0.1, -0.05) is 26.7 Å². The molecule has 1 saturated carbocycles. The van der Waals surface area contributed by atoms with Crippen molar-refractivity contribution < 1.29 is 0 Å². The molecule has 0 spiro atoms. The molecule has 15 heavy (non-hydrogen) atoms. The molecule has 1 nitrogen and oxygen atoms in total. The van der Waals surface area contributed by atoms with E-state index in [1.807, 2.05) is 0 Å². The molecule has 2 aliphatic rings. The summed E-state index contributed by atoms with van der Waals surface area (Å²) < 4.78 is 0. The van der Waals surface area contributed by atoms with E-state index < -0.39 is 0 Å². The fourth-order valence-electron chi connectivity index (χ4n) is 4.06. The quantitative estimate of drug-likeness (QED) is 0.672. The maximum absolute atomic E-state index is 2.77. The lowest BCUT2D eigenvalue weighted by atomic mass is 9.77. The molecule has 0 aromatic heterocycles. The number of likely N-dealkylation sites (tertiary alicyclic amines) is 1. The monoisotopic (exact) mass is 209 g/mol. The van der Waals surface area contributed by atoms with Crippen LogP contribution in [0.4, 0.5) is 0 Å². The van der Waals surface area contributed by atoms with Crippen molar-refractivity contribution in [2.75, 3.05) is 6.54 Å². The smallest absolute Gasteiger partial charge is 0.0152 e. The first-order valence-electron chi connectivity index (χ1n) is 6.87. The molecule has 0 bridgehead atoms. The van der Waals surface area contributed by atoms with E-state index in [0.29, 0.717) is 0 Å². The van der Waals surface area contributed by atoms with E-state index in [4.69, 9.17) is 0 Å². The molecule has 1 aliphatic carbocycles. The van der Waals surface area contributed by atoms with Gasteiger partial charge in [0.1, 0.15) is 0 Å². The second-order valence-corrected chi connectivity index (χ2v) is 6.21. The fourth-order valence-corrected chi connectivity index (χ4v) is 4.06. The average Bonchev–Trinajstić information content (AvgIpc) is 2.62. The lowest BCUT2D eigenvalue weighted by Crippen LogP contribution is -2.52. The van der Waals surface area contributed by atoms with Gasteiger partial charge < -0.3 is 0 Å². The Morgan fingerprint density at radius 1 is 1.00 bits per heavy atom. The van der Waals surface area contributed by atoms with Gasteiger partial charge in [0.15, 0.2) is 0 Å². The molecule has 0 aromatic rings. The molecular weight excluding hydrogens is 182 g/mol. The average molecular weight is 209 g/mol. The van der Waals surface area contributed by atoms with Crippen molar-refractivity contribution in [1.82, 2.24) is 4.90 Å². The summed E-state index contributed by atoms with van der Waals surface area (Å²) in [6.07, 6.45) is 5.97. The standard InChI is InChI=1S/C14H27N/c1-10(2)14-13-7-5-6-12(13)8-9-15(14)11(3)4/h10-14H,5-9H2,1-4H3. The van der Waals surface area contributed by atoms with Crippen LogP contribution in [-0.2, 0) is 0 Å². The van der Waals surface area contributed by atoms with Crippen LogP contribution in [0.5, 0.6) is 0 Å². The van der Waals surface area contributed by atoms with E-state index in [2.05, 4.69) is 32.6 Å². The molecule has 2 rings (SSSR count). The van der Waals surface area contributed by atoms with E-state index in [1.54, 1.807) is 0 Å². The maximum Gasteiger partial charge on any atom is 0.0152 e. The molecule has 2 fully saturated rings. The van der Waals surface area contributed by atoms with Crippen molar-refractivity contribution in [3.8, 4) is 0 Å². The van der Waals surface area contributed by atoms with Crippen LogP contribution < -0.4 is 0 Å². The Morgan fingerprint density at radius 2 is 1.73 bits per heavy atom. The maximum atomic E-state index is 2.77. The second kappa shape index (κ2) is 4.45. The summed E-state index contributed by atoms with van der Waals surface area (Å²) in [5.74, 6) is 2.91. The van der Waals surface area contributed by atoms with E-state index in [-0.39, 0.29) is 0 Å². The molecule has 1 saturated heterocycles. The molecule has 88 valence electrons. The molecule has 3 atom stereocenters. The van der Waals surface area contributed by atoms with Gasteiger partial charge in [-0.2, -0.15) is 0 Å². The molecular formula is C14H27N. The van der Waals surface area contributed by atoms with Crippen LogP contribution in [0, 0.1) is 17.8 Å². The Labute approximate surface area is 95.2 Å². The number of fused-ring (bicyclic) bond motifs is 1. The molecule has 1 heteroatoms. The van der Waals surface area contributed by atoms with Crippen molar-refractivity contribution in [2.45, 2.75) is 65.5 Å². The Balaban J connectivity index is 2.14. The highest BCUT2D eigenvalue weighted by molar-refractivity contribution is 4.95. The molecule has 1 heterocycles. The minimum Gasteiger partial charge on any atom is -0.297 e. The third kappa shape index (κ3) is 2.08. The zero-order valence-electron chi connectivity index (χ0n) is 10.9. The SMILES string of the molecule is CC(C)C1C2CCCC2CCN1C(C)C. The lowest BCUT2D eigenvalue weighted by molar-refractivity contribution is 0.0128. The van der Waals surface area contributed by atoms with Crippen LogP contribution in [0.25, 0.3) is 0 Å². The van der Waals surface area contributed by atoms with Gasteiger partial charge in [-0.15, -0.1) is 0 Å². The summed E-state index contributed by atoms with van der Waals surface area (Å²) in [5, 5.41) is 0. The zero-order valence-corrected chi connectivity index (χ0v) is 10.9. The highest BCUT2D eigenvalue weighted by Gasteiger charge is 2.42. The second-order valence-electron chi connectivity index (χ2n) is 6.21. The van der Waals surface area contributed by atoms with Crippen molar-refractivity contribution >= 4 is 0 Å². The molecule has 0 amide bonds. The van der Waals surface area contributed by atoms with E-state index >= 15 is 0 Å². The van der Waals surface area contributed by atoms with Crippen molar-refractivity contribution in [3.63, 3.8) is 0 Å². The Kier molecular flexibility index (Phi) is 3.39. The van der Waals surface area contributed by atoms with Crippen LogP contribution in [0.15, 0.2) is 0 Å². The normalized spacial score (nSPS) is 37.6. The number of hydrogen-bond donors (Lipinski definition) is 0. The third-order valence-corrected chi connectivity index (χ3v) is 4.64. The van der Waals surface area contributed by atoms with E-state index in [0.717, 1.165) is 29.8 Å². The van der Waals surface area contributed by atoms with Gasteiger partial charge in [0.25, 0.3) is 0 Å². The first-order chi connectivity index (χ1) is 7.11. The van der Waals surface area contributed by atoms with Gasteiger partial charge in [-0.05, 0) is 51.0 Å². The third-order valence-electron chi connectivity index (χ3n) is 4.64. The summed E-state index contributed by atoms with van der Waals surface area (Å²) in [4.78, 5) is 2.77. The molecule has 1 aliphatic heterocycles. The van der Waals surface area contributed by atoms with Gasteiger partial charge in [-0.25, -0.2) is 0 Å². The fraction of sp³-hybridized carbons (Fsp3) is 1.00. The molecule has 0 aromatic carbocycles. The Hall–Kier alpha value is -0.0400. The van der Waals surface area contributed by atoms with Crippen LogP contribution >= 0.6 is 0 Å². The number of nitrogens with zero attached hydrogens (tertiary/aromatic N) is 1. The highest BCUT2D eigenvalue weighted by atomic mass is 15.2. The minimum atomic E-state index is 0.735. The summed E-state index contributed by atoms with van der Waals surface area (Å²) in [6, 6.07) is 1.60. The largest absolute Gasteiger partial charge is 0.297 e. The van der Waals surface area contributed by atoms with Gasteiger partial charge >= 0.3 is 0 Å². The molecule has 0 radical (unpaired) electrons. The molecule has 3 unspecified atom stereocenters. The Morgan fingerprint density at radius 3 is 2.33 bits per heavy atom. The highest BCUT2D eigenvalue weighted by Crippen LogP contribution is 2.44. The van der Waals surface area contributed by atoms with Crippen LogP contribution in [0.2, 0.25) is 0 Å². The number of rotatable bonds is 2. The predicted octanol–water partition coefficient (Wildman–Crippen LogP) is 3.54. The number of piperidine rings is 1. The van der Waals surface area contributed by atoms with Crippen LogP contribution in [-0.4, -0.2) is 23.5 Å². The van der Waals surface area contributed by atoms with Crippen molar-refractivity contribution in [3.05, 3.63) is 0 Å². The summed E-state index contributed by atoms with van der Waals surface area (Å²) in [6.45, 7) is 10.9. The van der Waals surface area contributed by atoms with Crippen molar-refractivity contribution in [2.24, 2.45) is 17.8 Å². The van der Waals surface area contributed by atoms with Crippen LogP contribution in [0.3, 0.4) is 0 Å². The summed E-state index contributed by atoms with van der Waals surface area (Å²) in [7, 11) is 0. The van der Waals surface area contributed by atoms with E-state index in [9.17, 15) is 0 Å². The molecule has 0 N–H and O–H groups in total. The first-order valence-corrected chi connectivity index (χ1v) is 6.87. The first kappa shape index (κ1) is 11.4. The predicted molar refractivity (Wildman–Crippen MR) is 65.9 cm³/mol. The summed E-state index contributed by atoms with van der Waals surface area (Å²) in [5.41, 5.74) is 0.